The van der Waals surface area contributed by atoms with Gasteiger partial charge < -0.3 is 15.0 Å². The van der Waals surface area contributed by atoms with Crippen LogP contribution in [0.2, 0.25) is 0 Å². The maximum absolute atomic E-state index is 12.5. The number of hydrogen-bond donors (Lipinski definition) is 1. The van der Waals surface area contributed by atoms with E-state index < -0.39 is 0 Å². The molecule has 1 unspecified atom stereocenters. The number of ether oxygens (including phenoxy) is 1. The van der Waals surface area contributed by atoms with Gasteiger partial charge in [-0.1, -0.05) is 37.3 Å². The molecular weight excluding hydrogens is 344 g/mol. The first kappa shape index (κ1) is 19.7. The highest BCUT2D eigenvalue weighted by Gasteiger charge is 2.27. The molecule has 4 nitrogen and oxygen atoms in total. The molecule has 1 heterocycles. The standard InChI is InChI=1S/C21H34N2O2S/c24-20(23-14-13-17-8-5-6-9-18(17)16-23)12-7-15-25-21(26)22-19-10-3-1-2-4-11-19/h9,17,19H,1-8,10-16H2,(H,22,26). The Morgan fingerprint density at radius 2 is 1.96 bits per heavy atom. The maximum Gasteiger partial charge on any atom is 0.256 e. The summed E-state index contributed by atoms with van der Waals surface area (Å²) in [6, 6.07) is 0.469. The third-order valence-corrected chi connectivity index (χ3v) is 6.34. The average Bonchev–Trinajstić information content (AvgIpc) is 2.93. The van der Waals surface area contributed by atoms with Crippen molar-refractivity contribution in [1.29, 1.82) is 0 Å². The van der Waals surface area contributed by atoms with Gasteiger partial charge in [0.2, 0.25) is 5.91 Å². The fraction of sp³-hybridized carbons (Fsp3) is 0.810. The van der Waals surface area contributed by atoms with Gasteiger partial charge in [0.15, 0.2) is 0 Å². The Labute approximate surface area is 163 Å². The van der Waals surface area contributed by atoms with Crippen LogP contribution >= 0.6 is 12.2 Å². The molecule has 1 atom stereocenters. The highest BCUT2D eigenvalue weighted by molar-refractivity contribution is 7.80. The van der Waals surface area contributed by atoms with Gasteiger partial charge in [0.1, 0.15) is 0 Å². The van der Waals surface area contributed by atoms with E-state index in [4.69, 9.17) is 17.0 Å². The number of carbonyl (C=O) groups excluding carboxylic acids is 1. The molecule has 2 fully saturated rings. The number of allylic oxidation sites excluding steroid dienone is 1. The lowest BCUT2D eigenvalue weighted by molar-refractivity contribution is -0.131. The second kappa shape index (κ2) is 10.3. The summed E-state index contributed by atoms with van der Waals surface area (Å²) in [5, 5.41) is 3.86. The molecule has 0 bridgehead atoms. The van der Waals surface area contributed by atoms with Crippen LogP contribution in [0, 0.1) is 5.92 Å². The van der Waals surface area contributed by atoms with E-state index >= 15 is 0 Å². The van der Waals surface area contributed by atoms with E-state index in [1.165, 1.54) is 63.4 Å². The Kier molecular flexibility index (Phi) is 7.78. The first-order valence-electron chi connectivity index (χ1n) is 10.6. The van der Waals surface area contributed by atoms with Gasteiger partial charge in [0.05, 0.1) is 6.61 Å². The number of amides is 1. The molecule has 3 rings (SSSR count). The normalized spacial score (nSPS) is 24.2. The van der Waals surface area contributed by atoms with E-state index in [2.05, 4.69) is 11.4 Å². The van der Waals surface area contributed by atoms with Crippen molar-refractivity contribution in [2.75, 3.05) is 19.7 Å². The van der Waals surface area contributed by atoms with Crippen LogP contribution < -0.4 is 5.32 Å². The lowest BCUT2D eigenvalue weighted by Crippen LogP contribution is -2.40. The van der Waals surface area contributed by atoms with Crippen LogP contribution in [0.3, 0.4) is 0 Å². The number of nitrogens with one attached hydrogen (secondary N) is 1. The summed E-state index contributed by atoms with van der Waals surface area (Å²) in [5.74, 6) is 1.00. The minimum absolute atomic E-state index is 0.265. The van der Waals surface area contributed by atoms with E-state index in [-0.39, 0.29) is 5.91 Å². The highest BCUT2D eigenvalue weighted by Crippen LogP contribution is 2.32. The molecule has 26 heavy (non-hydrogen) atoms. The second-order valence-electron chi connectivity index (χ2n) is 8.08. The zero-order valence-corrected chi connectivity index (χ0v) is 16.8. The quantitative estimate of drug-likeness (QED) is 0.334. The predicted octanol–water partition coefficient (Wildman–Crippen LogP) is 4.34. The summed E-state index contributed by atoms with van der Waals surface area (Å²) in [5.41, 5.74) is 1.50. The van der Waals surface area contributed by atoms with Crippen molar-refractivity contribution in [3.63, 3.8) is 0 Å². The average molecular weight is 379 g/mol. The lowest BCUT2D eigenvalue weighted by Gasteiger charge is -2.36. The molecule has 0 spiro atoms. The Balaban J connectivity index is 1.30. The van der Waals surface area contributed by atoms with Crippen LogP contribution in [0.15, 0.2) is 11.6 Å². The molecule has 3 aliphatic rings. The van der Waals surface area contributed by atoms with E-state index in [0.29, 0.717) is 24.2 Å². The van der Waals surface area contributed by atoms with Crippen LogP contribution in [0.4, 0.5) is 0 Å². The Morgan fingerprint density at radius 1 is 1.15 bits per heavy atom. The number of nitrogens with zero attached hydrogens (tertiary/aromatic N) is 1. The van der Waals surface area contributed by atoms with Crippen LogP contribution in [0.1, 0.15) is 77.0 Å². The molecule has 0 aromatic heterocycles. The third-order valence-electron chi connectivity index (χ3n) is 6.11. The Hall–Kier alpha value is -1.10. The Morgan fingerprint density at radius 3 is 2.77 bits per heavy atom. The van der Waals surface area contributed by atoms with Crippen molar-refractivity contribution in [2.45, 2.75) is 83.1 Å². The monoisotopic (exact) mass is 378 g/mol. The number of piperidine rings is 1. The molecule has 2 aliphatic carbocycles. The van der Waals surface area contributed by atoms with E-state index in [1.807, 2.05) is 4.90 Å². The summed E-state index contributed by atoms with van der Waals surface area (Å²) in [4.78, 5) is 14.5. The van der Waals surface area contributed by atoms with Gasteiger partial charge >= 0.3 is 0 Å². The molecule has 0 aromatic rings. The van der Waals surface area contributed by atoms with Gasteiger partial charge in [-0.2, -0.15) is 0 Å². The van der Waals surface area contributed by atoms with Gasteiger partial charge in [-0.3, -0.25) is 4.79 Å². The molecule has 0 radical (unpaired) electrons. The highest BCUT2D eigenvalue weighted by atomic mass is 32.1. The molecule has 146 valence electrons. The zero-order chi connectivity index (χ0) is 18.2. The number of carbonyl (C=O) groups is 1. The van der Waals surface area contributed by atoms with Gasteiger partial charge in [-0.15, -0.1) is 0 Å². The lowest BCUT2D eigenvalue weighted by atomic mass is 9.82. The number of fused-ring (bicyclic) bond motifs is 1. The van der Waals surface area contributed by atoms with E-state index in [0.717, 1.165) is 31.8 Å². The largest absolute Gasteiger partial charge is 0.471 e. The number of thiocarbonyl (C=S) groups is 1. The molecule has 1 saturated carbocycles. The molecule has 5 heteroatoms. The van der Waals surface area contributed by atoms with Crippen LogP contribution in [0.5, 0.6) is 0 Å². The topological polar surface area (TPSA) is 41.6 Å². The minimum atomic E-state index is 0.265. The van der Waals surface area contributed by atoms with Crippen molar-refractivity contribution in [2.24, 2.45) is 5.92 Å². The smallest absolute Gasteiger partial charge is 0.256 e. The summed E-state index contributed by atoms with van der Waals surface area (Å²) in [6.45, 7) is 2.30. The van der Waals surface area contributed by atoms with Crippen LogP contribution in [-0.2, 0) is 9.53 Å². The predicted molar refractivity (Wildman–Crippen MR) is 109 cm³/mol. The fourth-order valence-corrected chi connectivity index (χ4v) is 4.78. The molecule has 1 saturated heterocycles. The van der Waals surface area contributed by atoms with Crippen molar-refractivity contribution in [3.8, 4) is 0 Å². The first-order chi connectivity index (χ1) is 12.7. The van der Waals surface area contributed by atoms with E-state index in [9.17, 15) is 4.79 Å². The number of rotatable bonds is 5. The summed E-state index contributed by atoms with van der Waals surface area (Å²) < 4.78 is 5.65. The summed E-state index contributed by atoms with van der Waals surface area (Å²) >= 11 is 5.31. The first-order valence-corrected chi connectivity index (χ1v) is 11.0. The minimum Gasteiger partial charge on any atom is -0.471 e. The maximum atomic E-state index is 12.5. The second-order valence-corrected chi connectivity index (χ2v) is 8.45. The molecule has 0 aromatic carbocycles. The van der Waals surface area contributed by atoms with Crippen molar-refractivity contribution in [1.82, 2.24) is 10.2 Å². The summed E-state index contributed by atoms with van der Waals surface area (Å²) in [6.07, 6.45) is 16.2. The molecular formula is C21H34N2O2S. The van der Waals surface area contributed by atoms with Gasteiger partial charge in [0, 0.05) is 25.6 Å². The van der Waals surface area contributed by atoms with Gasteiger partial charge in [-0.05, 0) is 63.1 Å². The number of hydrogen-bond acceptors (Lipinski definition) is 3. The van der Waals surface area contributed by atoms with Crippen molar-refractivity contribution >= 4 is 23.3 Å². The summed E-state index contributed by atoms with van der Waals surface area (Å²) in [7, 11) is 0. The van der Waals surface area contributed by atoms with Gasteiger partial charge in [-0.25, -0.2) is 0 Å². The SMILES string of the molecule is O=C(CCCOC(=S)NC1CCCCCC1)N1CCC2CCCC=C2C1. The molecule has 1 aliphatic heterocycles. The van der Waals surface area contributed by atoms with Crippen LogP contribution in [-0.4, -0.2) is 41.7 Å². The van der Waals surface area contributed by atoms with E-state index in [1.54, 1.807) is 0 Å². The molecule has 1 N–H and O–H groups in total. The Bertz CT molecular complexity index is 512. The zero-order valence-electron chi connectivity index (χ0n) is 16.0. The van der Waals surface area contributed by atoms with Gasteiger partial charge in [0.25, 0.3) is 5.17 Å². The van der Waals surface area contributed by atoms with Crippen molar-refractivity contribution in [3.05, 3.63) is 11.6 Å². The fourth-order valence-electron chi connectivity index (χ4n) is 4.53. The van der Waals surface area contributed by atoms with Crippen LogP contribution in [0.25, 0.3) is 0 Å². The third kappa shape index (κ3) is 5.97. The molecule has 1 amide bonds. The number of likely N-dealkylation sites (tertiary alicyclic amines) is 1. The van der Waals surface area contributed by atoms with Crippen molar-refractivity contribution < 1.29 is 9.53 Å².